The van der Waals surface area contributed by atoms with E-state index in [-0.39, 0.29) is 12.5 Å². The molecular formula is C8H20N2O. The lowest BCUT2D eigenvalue weighted by molar-refractivity contribution is -0.234. The van der Waals surface area contributed by atoms with E-state index in [1.54, 1.807) is 0 Å². The van der Waals surface area contributed by atoms with Crippen LogP contribution in [0.2, 0.25) is 0 Å². The van der Waals surface area contributed by atoms with Gasteiger partial charge in [0.15, 0.2) is 0 Å². The van der Waals surface area contributed by atoms with E-state index in [0.717, 1.165) is 13.1 Å². The van der Waals surface area contributed by atoms with Crippen LogP contribution < -0.4 is 5.32 Å². The van der Waals surface area contributed by atoms with Crippen molar-refractivity contribution in [2.45, 2.75) is 38.8 Å². The van der Waals surface area contributed by atoms with Crippen molar-refractivity contribution in [3.8, 4) is 0 Å². The highest BCUT2D eigenvalue weighted by molar-refractivity contribution is 4.94. The van der Waals surface area contributed by atoms with E-state index in [0.29, 0.717) is 0 Å². The van der Waals surface area contributed by atoms with E-state index in [1.807, 2.05) is 27.7 Å². The molecule has 0 aliphatic carbocycles. The van der Waals surface area contributed by atoms with Gasteiger partial charge in [-0.05, 0) is 27.7 Å². The largest absolute Gasteiger partial charge is 0.313 e. The maximum atomic E-state index is 9.76. The second-order valence-corrected chi connectivity index (χ2v) is 4.54. The molecule has 0 aromatic carbocycles. The fraction of sp³-hybridized carbons (Fsp3) is 1.00. The summed E-state index contributed by atoms with van der Waals surface area (Å²) < 4.78 is 0. The lowest BCUT2D eigenvalue weighted by Gasteiger charge is -2.48. The van der Waals surface area contributed by atoms with Crippen molar-refractivity contribution in [3.05, 3.63) is 0 Å². The highest BCUT2D eigenvalue weighted by Crippen LogP contribution is 2.25. The number of rotatable bonds is 0. The van der Waals surface area contributed by atoms with Crippen molar-refractivity contribution in [2.24, 2.45) is 0 Å². The molecule has 3 nitrogen and oxygen atoms in total. The Kier molecular flexibility index (Phi) is 1.99. The molecule has 0 saturated carbocycles. The van der Waals surface area contributed by atoms with E-state index in [9.17, 15) is 5.21 Å². The quantitative estimate of drug-likeness (QED) is 0.556. The van der Waals surface area contributed by atoms with Gasteiger partial charge in [-0.15, -0.1) is 0 Å². The third kappa shape index (κ3) is 1.55. The lowest BCUT2D eigenvalue weighted by atomic mass is 9.92. The number of hydrogen-bond donors (Lipinski definition) is 2. The molecule has 0 unspecified atom stereocenters. The first-order valence-electron chi connectivity index (χ1n) is 4.06. The van der Waals surface area contributed by atoms with E-state index in [2.05, 4.69) is 5.32 Å². The third-order valence-corrected chi connectivity index (χ3v) is 2.26. The van der Waals surface area contributed by atoms with Gasteiger partial charge in [0.1, 0.15) is 0 Å². The van der Waals surface area contributed by atoms with Crippen molar-refractivity contribution in [1.29, 1.82) is 0 Å². The van der Waals surface area contributed by atoms with Gasteiger partial charge < -0.3 is 10.5 Å². The summed E-state index contributed by atoms with van der Waals surface area (Å²) in [7, 11) is 0. The van der Waals surface area contributed by atoms with Gasteiger partial charge in [-0.2, -0.15) is 5.06 Å². The molecule has 0 atom stereocenters. The lowest BCUT2D eigenvalue weighted by Crippen LogP contribution is -2.66. The van der Waals surface area contributed by atoms with Crippen LogP contribution in [-0.4, -0.2) is 34.4 Å². The maximum absolute atomic E-state index is 9.76. The minimum atomic E-state index is -0.151. The van der Waals surface area contributed by atoms with E-state index in [4.69, 9.17) is 0 Å². The highest BCUT2D eigenvalue weighted by atomic mass is 16.5. The fourth-order valence-electron chi connectivity index (χ4n) is 1.64. The van der Waals surface area contributed by atoms with Crippen LogP contribution in [0.1, 0.15) is 29.1 Å². The smallest absolute Gasteiger partial charge is 0.0535 e. The van der Waals surface area contributed by atoms with Gasteiger partial charge in [-0.1, -0.05) is 0 Å². The number of nitrogens with one attached hydrogen (secondary N) is 1. The van der Waals surface area contributed by atoms with E-state index in [1.165, 1.54) is 5.06 Å². The van der Waals surface area contributed by atoms with Gasteiger partial charge in [0.25, 0.3) is 0 Å². The van der Waals surface area contributed by atoms with Gasteiger partial charge in [-0.3, -0.25) is 0 Å². The standard InChI is InChI=1S/C8H18N2O.H2/c1-7(2)5-9-6-8(3,4)10(7)11;/h9,11H,5-6H2,1-4H3;1H. The van der Waals surface area contributed by atoms with Crippen LogP contribution in [0, 0.1) is 0 Å². The number of nitrogens with zero attached hydrogens (tertiary/aromatic N) is 1. The Morgan fingerprint density at radius 2 is 1.55 bits per heavy atom. The Balaban J connectivity index is 0.00000121. The molecule has 0 bridgehead atoms. The molecule has 1 fully saturated rings. The normalized spacial score (nSPS) is 30.3. The summed E-state index contributed by atoms with van der Waals surface area (Å²) in [5.41, 5.74) is -0.302. The van der Waals surface area contributed by atoms with Crippen LogP contribution in [-0.2, 0) is 0 Å². The van der Waals surface area contributed by atoms with Gasteiger partial charge in [0, 0.05) is 14.5 Å². The first kappa shape index (κ1) is 8.97. The molecule has 1 aliphatic heterocycles. The Hall–Kier alpha value is -0.120. The summed E-state index contributed by atoms with van der Waals surface area (Å²) >= 11 is 0. The SMILES string of the molecule is CC1(C)CNCC(C)(C)N1O.[HH]. The molecule has 1 aliphatic rings. The Bertz CT molecular complexity index is 143. The van der Waals surface area contributed by atoms with Crippen molar-refractivity contribution in [3.63, 3.8) is 0 Å². The highest BCUT2D eigenvalue weighted by Gasteiger charge is 2.40. The first-order valence-corrected chi connectivity index (χ1v) is 4.06. The molecule has 3 heteroatoms. The number of piperazine rings is 1. The molecular weight excluding hydrogens is 140 g/mol. The van der Waals surface area contributed by atoms with E-state index < -0.39 is 0 Å². The fourth-order valence-corrected chi connectivity index (χ4v) is 1.64. The molecule has 11 heavy (non-hydrogen) atoms. The molecule has 1 saturated heterocycles. The molecule has 0 aromatic heterocycles. The van der Waals surface area contributed by atoms with E-state index >= 15 is 0 Å². The topological polar surface area (TPSA) is 35.5 Å². The minimum absolute atomic E-state index is 0. The number of hydroxylamine groups is 2. The predicted molar refractivity (Wildman–Crippen MR) is 46.8 cm³/mol. The van der Waals surface area contributed by atoms with Crippen LogP contribution in [0.3, 0.4) is 0 Å². The van der Waals surface area contributed by atoms with Crippen molar-refractivity contribution in [2.75, 3.05) is 13.1 Å². The molecule has 0 amide bonds. The summed E-state index contributed by atoms with van der Waals surface area (Å²) in [4.78, 5) is 0. The van der Waals surface area contributed by atoms with Crippen molar-refractivity contribution < 1.29 is 6.63 Å². The predicted octanol–water partition coefficient (Wildman–Crippen LogP) is 1.08. The van der Waals surface area contributed by atoms with Crippen LogP contribution in [0.15, 0.2) is 0 Å². The summed E-state index contributed by atoms with van der Waals surface area (Å²) in [6.45, 7) is 9.80. The second kappa shape index (κ2) is 2.44. The van der Waals surface area contributed by atoms with Gasteiger partial charge >= 0.3 is 0 Å². The van der Waals surface area contributed by atoms with Gasteiger partial charge in [0.2, 0.25) is 0 Å². The second-order valence-electron chi connectivity index (χ2n) is 4.54. The monoisotopic (exact) mass is 160 g/mol. The van der Waals surface area contributed by atoms with Gasteiger partial charge in [0.05, 0.1) is 11.1 Å². The zero-order valence-electron chi connectivity index (χ0n) is 7.81. The molecule has 0 spiro atoms. The molecule has 68 valence electrons. The third-order valence-electron chi connectivity index (χ3n) is 2.26. The van der Waals surface area contributed by atoms with Crippen LogP contribution in [0.5, 0.6) is 0 Å². The summed E-state index contributed by atoms with van der Waals surface area (Å²) in [5.74, 6) is 0. The first-order chi connectivity index (χ1) is 4.86. The van der Waals surface area contributed by atoms with Crippen LogP contribution in [0.4, 0.5) is 0 Å². The Morgan fingerprint density at radius 3 is 1.82 bits per heavy atom. The summed E-state index contributed by atoms with van der Waals surface area (Å²) in [6.07, 6.45) is 0. The molecule has 0 radical (unpaired) electrons. The molecule has 1 rings (SSSR count). The van der Waals surface area contributed by atoms with Crippen molar-refractivity contribution in [1.82, 2.24) is 10.4 Å². The zero-order chi connectivity index (χ0) is 8.70. The Morgan fingerprint density at radius 1 is 1.18 bits per heavy atom. The average Bonchev–Trinajstić information content (AvgIpc) is 1.82. The Labute approximate surface area is 69.8 Å². The number of hydrogen-bond acceptors (Lipinski definition) is 3. The van der Waals surface area contributed by atoms with Gasteiger partial charge in [-0.25, -0.2) is 0 Å². The molecule has 0 aromatic rings. The molecule has 2 N–H and O–H groups in total. The summed E-state index contributed by atoms with van der Waals surface area (Å²) in [5, 5.41) is 14.5. The van der Waals surface area contributed by atoms with Crippen LogP contribution in [0.25, 0.3) is 0 Å². The zero-order valence-corrected chi connectivity index (χ0v) is 7.81. The minimum Gasteiger partial charge on any atom is -0.313 e. The maximum Gasteiger partial charge on any atom is 0.0535 e. The summed E-state index contributed by atoms with van der Waals surface area (Å²) in [6, 6.07) is 0. The average molecular weight is 160 g/mol. The van der Waals surface area contributed by atoms with Crippen LogP contribution >= 0.6 is 0 Å². The molecule has 1 heterocycles. The van der Waals surface area contributed by atoms with Crippen molar-refractivity contribution >= 4 is 0 Å².